The molecule has 3 nitrogen and oxygen atoms in total. The fraction of sp³-hybridized carbons (Fsp3) is 0.625. The summed E-state index contributed by atoms with van der Waals surface area (Å²) in [7, 11) is 0. The Morgan fingerprint density at radius 2 is 2.18 bits per heavy atom. The number of carboxylic acids is 1. The molecule has 1 fully saturated rings. The SMILES string of the molecule is C=C(CCCN1CC1)C(=O)O. The van der Waals surface area contributed by atoms with Crippen molar-refractivity contribution in [2.75, 3.05) is 19.6 Å². The van der Waals surface area contributed by atoms with Gasteiger partial charge in [0.25, 0.3) is 0 Å². The molecule has 0 aromatic rings. The Morgan fingerprint density at radius 3 is 2.64 bits per heavy atom. The summed E-state index contributed by atoms with van der Waals surface area (Å²) in [5.41, 5.74) is 0.326. The standard InChI is InChI=1S/C8H13NO2/c1-7(8(10)11)3-2-4-9-5-6-9/h1-6H2,(H,10,11). The quantitative estimate of drug-likeness (QED) is 0.470. The normalized spacial score (nSPS) is 16.4. The Balaban J connectivity index is 2.01. The summed E-state index contributed by atoms with van der Waals surface area (Å²) in [5, 5.41) is 8.45. The summed E-state index contributed by atoms with van der Waals surface area (Å²) in [4.78, 5) is 12.6. The zero-order valence-corrected chi connectivity index (χ0v) is 6.55. The Morgan fingerprint density at radius 1 is 1.55 bits per heavy atom. The van der Waals surface area contributed by atoms with Crippen LogP contribution in [-0.2, 0) is 4.79 Å². The first-order valence-electron chi connectivity index (χ1n) is 3.83. The minimum Gasteiger partial charge on any atom is -0.478 e. The first-order valence-corrected chi connectivity index (χ1v) is 3.83. The van der Waals surface area contributed by atoms with E-state index in [2.05, 4.69) is 11.5 Å². The number of aliphatic carboxylic acids is 1. The second kappa shape index (κ2) is 3.53. The number of carboxylic acid groups (broad SMARTS) is 1. The molecule has 0 amide bonds. The van der Waals surface area contributed by atoms with Gasteiger partial charge >= 0.3 is 5.97 Å². The molecule has 0 radical (unpaired) electrons. The van der Waals surface area contributed by atoms with Crippen LogP contribution in [0.3, 0.4) is 0 Å². The molecule has 0 spiro atoms. The Bertz CT molecular complexity index is 173. The maximum atomic E-state index is 10.3. The van der Waals surface area contributed by atoms with E-state index in [0.29, 0.717) is 12.0 Å². The zero-order chi connectivity index (χ0) is 8.27. The molecule has 1 aliphatic rings. The van der Waals surface area contributed by atoms with Crippen LogP contribution in [0.15, 0.2) is 12.2 Å². The monoisotopic (exact) mass is 155 g/mol. The summed E-state index contributed by atoms with van der Waals surface area (Å²) in [5.74, 6) is -0.865. The molecule has 1 saturated heterocycles. The van der Waals surface area contributed by atoms with E-state index in [1.54, 1.807) is 0 Å². The maximum Gasteiger partial charge on any atom is 0.330 e. The van der Waals surface area contributed by atoms with Crippen molar-refractivity contribution in [3.05, 3.63) is 12.2 Å². The molecule has 62 valence electrons. The van der Waals surface area contributed by atoms with Crippen molar-refractivity contribution >= 4 is 5.97 Å². The molecule has 1 N–H and O–H groups in total. The first-order chi connectivity index (χ1) is 5.20. The molecule has 11 heavy (non-hydrogen) atoms. The van der Waals surface area contributed by atoms with Gasteiger partial charge in [0.1, 0.15) is 0 Å². The van der Waals surface area contributed by atoms with Crippen molar-refractivity contribution < 1.29 is 9.90 Å². The number of rotatable bonds is 5. The van der Waals surface area contributed by atoms with E-state index in [9.17, 15) is 4.79 Å². The topological polar surface area (TPSA) is 40.3 Å². The molecule has 1 aliphatic heterocycles. The lowest BCUT2D eigenvalue weighted by Gasteiger charge is -2.00. The van der Waals surface area contributed by atoms with Gasteiger partial charge in [-0.1, -0.05) is 6.58 Å². The molecule has 3 heteroatoms. The fourth-order valence-electron chi connectivity index (χ4n) is 0.917. The minimum absolute atomic E-state index is 0.326. The highest BCUT2D eigenvalue weighted by atomic mass is 16.4. The van der Waals surface area contributed by atoms with Crippen molar-refractivity contribution in [1.82, 2.24) is 4.90 Å². The Labute approximate surface area is 66.3 Å². The molecular formula is C8H13NO2. The number of hydrogen-bond acceptors (Lipinski definition) is 2. The third-order valence-corrected chi connectivity index (χ3v) is 1.80. The van der Waals surface area contributed by atoms with E-state index in [0.717, 1.165) is 13.0 Å². The van der Waals surface area contributed by atoms with E-state index in [4.69, 9.17) is 5.11 Å². The van der Waals surface area contributed by atoms with Crippen LogP contribution in [0.25, 0.3) is 0 Å². The molecule has 1 heterocycles. The van der Waals surface area contributed by atoms with E-state index >= 15 is 0 Å². The third-order valence-electron chi connectivity index (χ3n) is 1.80. The number of carbonyl (C=O) groups is 1. The van der Waals surface area contributed by atoms with E-state index in [-0.39, 0.29) is 0 Å². The minimum atomic E-state index is -0.865. The van der Waals surface area contributed by atoms with Gasteiger partial charge in [-0.25, -0.2) is 4.79 Å². The van der Waals surface area contributed by atoms with E-state index in [1.807, 2.05) is 0 Å². The van der Waals surface area contributed by atoms with Crippen LogP contribution in [0.1, 0.15) is 12.8 Å². The fourth-order valence-corrected chi connectivity index (χ4v) is 0.917. The Kier molecular flexibility index (Phi) is 2.65. The predicted octanol–water partition coefficient (Wildman–Crippen LogP) is 0.723. The van der Waals surface area contributed by atoms with Gasteiger partial charge in [-0.15, -0.1) is 0 Å². The van der Waals surface area contributed by atoms with Gasteiger partial charge in [0.2, 0.25) is 0 Å². The molecular weight excluding hydrogens is 142 g/mol. The molecule has 0 bridgehead atoms. The Hall–Kier alpha value is -0.830. The van der Waals surface area contributed by atoms with E-state index < -0.39 is 5.97 Å². The van der Waals surface area contributed by atoms with Gasteiger partial charge in [0.15, 0.2) is 0 Å². The highest BCUT2D eigenvalue weighted by Gasteiger charge is 2.16. The van der Waals surface area contributed by atoms with E-state index in [1.165, 1.54) is 13.1 Å². The lowest BCUT2D eigenvalue weighted by atomic mass is 10.2. The molecule has 0 aromatic heterocycles. The van der Waals surface area contributed by atoms with Crippen molar-refractivity contribution in [1.29, 1.82) is 0 Å². The summed E-state index contributed by atoms with van der Waals surface area (Å²) in [6.45, 7) is 6.83. The summed E-state index contributed by atoms with van der Waals surface area (Å²) < 4.78 is 0. The van der Waals surface area contributed by atoms with Crippen LogP contribution < -0.4 is 0 Å². The summed E-state index contributed by atoms with van der Waals surface area (Å²) in [6.07, 6.45) is 1.54. The highest BCUT2D eigenvalue weighted by molar-refractivity contribution is 5.85. The van der Waals surface area contributed by atoms with Crippen LogP contribution in [0.2, 0.25) is 0 Å². The molecule has 0 saturated carbocycles. The van der Waals surface area contributed by atoms with Crippen LogP contribution in [0, 0.1) is 0 Å². The van der Waals surface area contributed by atoms with Gasteiger partial charge < -0.3 is 10.0 Å². The van der Waals surface area contributed by atoms with Gasteiger partial charge in [-0.3, -0.25) is 0 Å². The average Bonchev–Trinajstić information content (AvgIpc) is 2.71. The van der Waals surface area contributed by atoms with Gasteiger partial charge in [0.05, 0.1) is 0 Å². The van der Waals surface area contributed by atoms with Crippen molar-refractivity contribution in [2.24, 2.45) is 0 Å². The molecule has 0 unspecified atom stereocenters. The van der Waals surface area contributed by atoms with Crippen molar-refractivity contribution in [2.45, 2.75) is 12.8 Å². The number of hydrogen-bond donors (Lipinski definition) is 1. The summed E-state index contributed by atoms with van der Waals surface area (Å²) >= 11 is 0. The molecule has 0 atom stereocenters. The van der Waals surface area contributed by atoms with Gasteiger partial charge in [0, 0.05) is 18.7 Å². The third kappa shape index (κ3) is 3.18. The van der Waals surface area contributed by atoms with Crippen LogP contribution >= 0.6 is 0 Å². The van der Waals surface area contributed by atoms with Crippen LogP contribution in [0.4, 0.5) is 0 Å². The average molecular weight is 155 g/mol. The molecule has 0 aliphatic carbocycles. The largest absolute Gasteiger partial charge is 0.478 e. The summed E-state index contributed by atoms with van der Waals surface area (Å²) in [6, 6.07) is 0. The highest BCUT2D eigenvalue weighted by Crippen LogP contribution is 2.08. The second-order valence-electron chi connectivity index (χ2n) is 2.85. The first kappa shape index (κ1) is 8.27. The smallest absolute Gasteiger partial charge is 0.330 e. The second-order valence-corrected chi connectivity index (χ2v) is 2.85. The molecule has 1 rings (SSSR count). The lowest BCUT2D eigenvalue weighted by Crippen LogP contribution is -2.03. The zero-order valence-electron chi connectivity index (χ0n) is 6.55. The molecule has 0 aromatic carbocycles. The van der Waals surface area contributed by atoms with Crippen molar-refractivity contribution in [3.8, 4) is 0 Å². The van der Waals surface area contributed by atoms with Gasteiger partial charge in [-0.05, 0) is 19.4 Å². The lowest BCUT2D eigenvalue weighted by molar-refractivity contribution is -0.132. The van der Waals surface area contributed by atoms with Gasteiger partial charge in [-0.2, -0.15) is 0 Å². The maximum absolute atomic E-state index is 10.3. The predicted molar refractivity (Wildman–Crippen MR) is 42.4 cm³/mol. The van der Waals surface area contributed by atoms with Crippen LogP contribution in [0.5, 0.6) is 0 Å². The van der Waals surface area contributed by atoms with Crippen LogP contribution in [-0.4, -0.2) is 35.6 Å². The van der Waals surface area contributed by atoms with Crippen molar-refractivity contribution in [3.63, 3.8) is 0 Å². The number of nitrogens with zero attached hydrogens (tertiary/aromatic N) is 1.